The Morgan fingerprint density at radius 3 is 2.44 bits per heavy atom. The Morgan fingerprint density at radius 1 is 1.12 bits per heavy atom. The summed E-state index contributed by atoms with van der Waals surface area (Å²) in [5, 5.41) is 12.7. The fourth-order valence-corrected chi connectivity index (χ4v) is 5.30. The summed E-state index contributed by atoms with van der Waals surface area (Å²) in [6.45, 7) is -0.374. The zero-order valence-corrected chi connectivity index (χ0v) is 21.1. The Morgan fingerprint density at radius 2 is 1.80 bits per heavy atom. The van der Waals surface area contributed by atoms with Crippen LogP contribution in [0.15, 0.2) is 36.7 Å². The van der Waals surface area contributed by atoms with Crippen molar-refractivity contribution in [1.29, 1.82) is 0 Å². The number of nitrogens with zero attached hydrogens (tertiary/aromatic N) is 4. The van der Waals surface area contributed by atoms with Crippen molar-refractivity contribution in [2.24, 2.45) is 0 Å². The fraction of sp³-hybridized carbons (Fsp3) is 0.308. The number of ether oxygens (including phenoxy) is 2. The van der Waals surface area contributed by atoms with Crippen LogP contribution in [0, 0.1) is 5.82 Å². The van der Waals surface area contributed by atoms with Crippen molar-refractivity contribution in [1.82, 2.24) is 24.8 Å². The molecule has 15 heteroatoms. The van der Waals surface area contributed by atoms with Gasteiger partial charge in [0.15, 0.2) is 5.82 Å². The molecule has 2 aliphatic heterocycles. The zero-order valence-electron chi connectivity index (χ0n) is 21.1. The number of carbonyl (C=O) groups is 1. The van der Waals surface area contributed by atoms with E-state index in [-0.39, 0.29) is 40.3 Å². The van der Waals surface area contributed by atoms with Gasteiger partial charge in [-0.25, -0.2) is 19.3 Å². The predicted octanol–water partition coefficient (Wildman–Crippen LogP) is 5.14. The van der Waals surface area contributed by atoms with Gasteiger partial charge in [0, 0.05) is 35.2 Å². The van der Waals surface area contributed by atoms with Crippen LogP contribution in [-0.4, -0.2) is 43.5 Å². The summed E-state index contributed by atoms with van der Waals surface area (Å²) in [6, 6.07) is 2.32. The van der Waals surface area contributed by atoms with Gasteiger partial charge in [-0.05, 0) is 38.5 Å². The van der Waals surface area contributed by atoms with Gasteiger partial charge < -0.3 is 24.5 Å². The Labute approximate surface area is 226 Å². The molecule has 2 aliphatic rings. The van der Waals surface area contributed by atoms with Crippen LogP contribution in [0.1, 0.15) is 59.9 Å². The number of hydrogen-bond donors (Lipinski definition) is 2. The summed E-state index contributed by atoms with van der Waals surface area (Å²) in [7, 11) is 0. The van der Waals surface area contributed by atoms with Crippen LogP contribution in [0.4, 0.5) is 26.3 Å². The lowest BCUT2D eigenvalue weighted by atomic mass is 9.96. The van der Waals surface area contributed by atoms with Gasteiger partial charge in [0.05, 0.1) is 28.7 Å². The predicted molar refractivity (Wildman–Crippen MR) is 129 cm³/mol. The lowest BCUT2D eigenvalue weighted by molar-refractivity contribution is -0.274. The van der Waals surface area contributed by atoms with E-state index in [1.165, 1.54) is 32.3 Å². The van der Waals surface area contributed by atoms with Gasteiger partial charge in [0.2, 0.25) is 0 Å². The number of alkyl halides is 5. The quantitative estimate of drug-likeness (QED) is 0.315. The molecule has 41 heavy (non-hydrogen) atoms. The van der Waals surface area contributed by atoms with Gasteiger partial charge in [0.25, 0.3) is 5.91 Å². The molecule has 214 valence electrons. The van der Waals surface area contributed by atoms with E-state index in [2.05, 4.69) is 29.7 Å². The van der Waals surface area contributed by atoms with E-state index in [9.17, 15) is 31.9 Å². The first kappa shape index (κ1) is 26.8. The normalized spacial score (nSPS) is 18.2. The minimum atomic E-state index is -5.17. The van der Waals surface area contributed by atoms with Crippen LogP contribution < -0.4 is 14.8 Å². The third-order valence-corrected chi connectivity index (χ3v) is 6.87. The summed E-state index contributed by atoms with van der Waals surface area (Å²) in [4.78, 5) is 25.8. The third kappa shape index (κ3) is 4.59. The third-order valence-electron chi connectivity index (χ3n) is 6.87. The number of imidazole rings is 1. The topological polar surface area (TPSA) is 111 Å². The van der Waals surface area contributed by atoms with Gasteiger partial charge in [-0.3, -0.25) is 4.79 Å². The van der Waals surface area contributed by atoms with E-state index in [1.807, 2.05) is 0 Å². The molecular weight excluding hydrogens is 560 g/mol. The van der Waals surface area contributed by atoms with Crippen molar-refractivity contribution >= 4 is 16.9 Å². The molecule has 2 aromatic carbocycles. The average molecular weight is 579 g/mol. The highest BCUT2D eigenvalue weighted by molar-refractivity contribution is 6.00. The van der Waals surface area contributed by atoms with Gasteiger partial charge in [-0.15, -0.1) is 13.2 Å². The Kier molecular flexibility index (Phi) is 5.92. The molecule has 0 spiro atoms. The van der Waals surface area contributed by atoms with Crippen molar-refractivity contribution in [3.63, 3.8) is 0 Å². The molecule has 0 aliphatic carbocycles. The van der Waals surface area contributed by atoms with E-state index >= 15 is 4.39 Å². The summed E-state index contributed by atoms with van der Waals surface area (Å²) < 4.78 is 91.8. The second kappa shape index (κ2) is 9.06. The van der Waals surface area contributed by atoms with Crippen LogP contribution in [0.3, 0.4) is 0 Å². The van der Waals surface area contributed by atoms with E-state index < -0.39 is 59.4 Å². The molecule has 2 aromatic heterocycles. The first-order valence-corrected chi connectivity index (χ1v) is 12.2. The van der Waals surface area contributed by atoms with Crippen LogP contribution in [0.2, 0.25) is 0 Å². The molecule has 2 N–H and O–H groups in total. The van der Waals surface area contributed by atoms with Crippen LogP contribution in [-0.2, 0) is 5.60 Å². The summed E-state index contributed by atoms with van der Waals surface area (Å²) in [5.74, 6) is -2.74. The van der Waals surface area contributed by atoms with Crippen molar-refractivity contribution in [2.75, 3.05) is 0 Å². The van der Waals surface area contributed by atoms with Crippen molar-refractivity contribution in [3.05, 3.63) is 65.3 Å². The lowest BCUT2D eigenvalue weighted by Crippen LogP contribution is -2.29. The second-order valence-electron chi connectivity index (χ2n) is 10.1. The Balaban J connectivity index is 1.55. The standard InChI is InChI=1S/C26H19F6N5O4/c1-25(2,39)23-33-8-10(9-34-23)11-5-15-13(6-12(11)27)35-21-14-7-16(37(15)21)19-17(40-24(28)29)3-4-18(41-26(30,31)32)20(19)22(38)36-14/h3-6,8-9,14,16,24,39H,7H2,1-2H3,(H,36,38)/t14-,16-/m1/s1. The molecule has 2 bridgehead atoms. The van der Waals surface area contributed by atoms with Gasteiger partial charge in [-0.1, -0.05) is 0 Å². The second-order valence-corrected chi connectivity index (χ2v) is 10.1. The van der Waals surface area contributed by atoms with E-state index in [0.29, 0.717) is 5.52 Å². The lowest BCUT2D eigenvalue weighted by Gasteiger charge is -2.23. The molecule has 0 radical (unpaired) electrons. The number of rotatable bonds is 5. The van der Waals surface area contributed by atoms with E-state index in [0.717, 1.165) is 18.2 Å². The van der Waals surface area contributed by atoms with Crippen LogP contribution in [0.25, 0.3) is 22.2 Å². The highest BCUT2D eigenvalue weighted by atomic mass is 19.4. The summed E-state index contributed by atoms with van der Waals surface area (Å²) >= 11 is 0. The molecule has 0 saturated carbocycles. The maximum Gasteiger partial charge on any atom is 0.573 e. The molecule has 0 saturated heterocycles. The molecule has 2 atom stereocenters. The SMILES string of the molecule is CC(C)(O)c1ncc(-c2cc3c(cc2F)nc2n3[C@@H]3C[C@H]2NC(=O)c2c(OC(F)(F)F)ccc(OC(F)F)c23)cn1. The van der Waals surface area contributed by atoms with Gasteiger partial charge >= 0.3 is 13.0 Å². The number of halogens is 6. The molecule has 6 rings (SSSR count). The van der Waals surface area contributed by atoms with E-state index in [1.54, 1.807) is 4.57 Å². The molecule has 1 amide bonds. The zero-order chi connectivity index (χ0) is 29.4. The molecule has 0 fully saturated rings. The number of amides is 1. The fourth-order valence-electron chi connectivity index (χ4n) is 5.30. The smallest absolute Gasteiger partial charge is 0.434 e. The number of nitrogens with one attached hydrogen (secondary N) is 1. The van der Waals surface area contributed by atoms with Crippen molar-refractivity contribution in [3.8, 4) is 22.6 Å². The number of benzene rings is 2. The molecule has 4 aromatic rings. The minimum Gasteiger partial charge on any atom is -0.434 e. The highest BCUT2D eigenvalue weighted by Crippen LogP contribution is 2.50. The van der Waals surface area contributed by atoms with Gasteiger partial charge in [0.1, 0.15) is 28.7 Å². The molecular formula is C26H19F6N5O4. The Bertz CT molecular complexity index is 1700. The van der Waals surface area contributed by atoms with Crippen LogP contribution >= 0.6 is 0 Å². The molecule has 4 heterocycles. The maximum atomic E-state index is 15.2. The minimum absolute atomic E-state index is 0.0438. The Hall–Kier alpha value is -4.40. The highest BCUT2D eigenvalue weighted by Gasteiger charge is 2.45. The summed E-state index contributed by atoms with van der Waals surface area (Å²) in [6.07, 6.45) is -2.49. The molecule has 0 unspecified atom stereocenters. The van der Waals surface area contributed by atoms with Gasteiger partial charge in [-0.2, -0.15) is 8.78 Å². The maximum absolute atomic E-state index is 15.2. The van der Waals surface area contributed by atoms with Crippen molar-refractivity contribution < 1.29 is 45.7 Å². The molecule has 9 nitrogen and oxygen atoms in total. The number of carbonyl (C=O) groups excluding carboxylic acids is 1. The first-order chi connectivity index (χ1) is 19.2. The number of hydrogen-bond acceptors (Lipinski definition) is 7. The summed E-state index contributed by atoms with van der Waals surface area (Å²) in [5.41, 5.74) is -1.45. The number of aromatic nitrogens is 4. The number of fused-ring (bicyclic) bond motifs is 9. The number of aliphatic hydroxyl groups is 1. The van der Waals surface area contributed by atoms with Crippen molar-refractivity contribution in [2.45, 2.75) is 50.9 Å². The van der Waals surface area contributed by atoms with E-state index in [4.69, 9.17) is 0 Å². The largest absolute Gasteiger partial charge is 0.573 e. The monoisotopic (exact) mass is 579 g/mol. The average Bonchev–Trinajstić information content (AvgIpc) is 3.33. The van der Waals surface area contributed by atoms with Crippen LogP contribution in [0.5, 0.6) is 11.5 Å². The first-order valence-electron chi connectivity index (χ1n) is 12.2.